The van der Waals surface area contributed by atoms with Crippen molar-refractivity contribution in [1.29, 1.82) is 0 Å². The van der Waals surface area contributed by atoms with Gasteiger partial charge in [0.1, 0.15) is 5.54 Å². The average Bonchev–Trinajstić information content (AvgIpc) is 2.20. The highest BCUT2D eigenvalue weighted by atomic mass is 16.4. The van der Waals surface area contributed by atoms with Crippen molar-refractivity contribution in [2.75, 3.05) is 41.8 Å². The molecule has 0 radical (unpaired) electrons. The van der Waals surface area contributed by atoms with E-state index in [1.165, 1.54) is 0 Å². The van der Waals surface area contributed by atoms with Gasteiger partial charge in [-0.1, -0.05) is 13.3 Å². The van der Waals surface area contributed by atoms with Gasteiger partial charge in [-0.05, 0) is 39.8 Å². The Morgan fingerprint density at radius 2 is 1.72 bits per heavy atom. The molecule has 0 aromatic carbocycles. The highest BCUT2D eigenvalue weighted by Gasteiger charge is 2.39. The minimum atomic E-state index is -0.681. The molecule has 1 atom stereocenters. The number of unbranched alkanes of at least 4 members (excludes halogenated alkanes) is 1. The van der Waals surface area contributed by atoms with Crippen molar-refractivity contribution >= 4 is 5.97 Å². The average molecular weight is 259 g/mol. The van der Waals surface area contributed by atoms with Crippen molar-refractivity contribution < 1.29 is 14.4 Å². The molecule has 0 fully saturated rings. The molecule has 0 aliphatic heterocycles. The van der Waals surface area contributed by atoms with Gasteiger partial charge in [0, 0.05) is 0 Å². The Hall–Kier alpha value is -0.610. The van der Waals surface area contributed by atoms with Crippen LogP contribution in [0.2, 0.25) is 0 Å². The van der Waals surface area contributed by atoms with E-state index >= 15 is 0 Å². The lowest BCUT2D eigenvalue weighted by Crippen LogP contribution is -2.51. The second-order valence-corrected chi connectivity index (χ2v) is 6.45. The summed E-state index contributed by atoms with van der Waals surface area (Å²) < 4.78 is 0.940. The first-order valence-corrected chi connectivity index (χ1v) is 6.87. The summed E-state index contributed by atoms with van der Waals surface area (Å²) in [5.41, 5.74) is -0.681. The molecule has 0 bridgehead atoms. The maximum atomic E-state index is 11.6. The molecule has 4 heteroatoms. The maximum Gasteiger partial charge on any atom is 0.324 e. The number of hydrogen-bond acceptors (Lipinski definition) is 2. The molecule has 18 heavy (non-hydrogen) atoms. The van der Waals surface area contributed by atoms with Crippen LogP contribution in [-0.2, 0) is 4.79 Å². The fourth-order valence-corrected chi connectivity index (χ4v) is 2.39. The van der Waals surface area contributed by atoms with Crippen LogP contribution < -0.4 is 0 Å². The summed E-state index contributed by atoms with van der Waals surface area (Å²) in [4.78, 5) is 13.5. The van der Waals surface area contributed by atoms with Crippen LogP contribution in [0.15, 0.2) is 0 Å². The Morgan fingerprint density at radius 1 is 1.17 bits per heavy atom. The Balaban J connectivity index is 4.47. The van der Waals surface area contributed by atoms with Gasteiger partial charge in [-0.3, -0.25) is 9.69 Å². The number of likely N-dealkylation sites (N-methyl/N-ethyl adjacent to an activating group) is 1. The van der Waals surface area contributed by atoms with E-state index in [9.17, 15) is 9.90 Å². The van der Waals surface area contributed by atoms with Crippen LogP contribution in [0.5, 0.6) is 0 Å². The molecule has 0 spiro atoms. The molecule has 0 aromatic rings. The molecule has 0 aliphatic carbocycles. The smallest absolute Gasteiger partial charge is 0.324 e. The number of rotatable bonds is 9. The number of carboxylic acids is 1. The molecule has 1 N–H and O–H groups in total. The van der Waals surface area contributed by atoms with E-state index in [1.54, 1.807) is 0 Å². The third-order valence-corrected chi connectivity index (χ3v) is 3.59. The van der Waals surface area contributed by atoms with Gasteiger partial charge in [0.05, 0.1) is 27.7 Å². The molecule has 0 amide bonds. The highest BCUT2D eigenvalue weighted by molar-refractivity contribution is 5.78. The lowest BCUT2D eigenvalue weighted by atomic mass is 9.86. The summed E-state index contributed by atoms with van der Waals surface area (Å²) in [6.07, 6.45) is 4.42. The fraction of sp³-hybridized carbons (Fsp3) is 0.929. The van der Waals surface area contributed by atoms with Gasteiger partial charge in [-0.2, -0.15) is 0 Å². The van der Waals surface area contributed by atoms with E-state index in [4.69, 9.17) is 0 Å². The van der Waals surface area contributed by atoms with Crippen molar-refractivity contribution in [3.63, 3.8) is 0 Å². The molecule has 108 valence electrons. The molecule has 0 aromatic heterocycles. The van der Waals surface area contributed by atoms with Gasteiger partial charge in [-0.15, -0.1) is 0 Å². The number of carbonyl (C=O) groups is 1. The molecule has 0 aliphatic rings. The summed E-state index contributed by atoms with van der Waals surface area (Å²) in [5, 5.41) is 9.54. The predicted molar refractivity (Wildman–Crippen MR) is 75.7 cm³/mol. The van der Waals surface area contributed by atoms with Crippen molar-refractivity contribution in [2.45, 2.75) is 44.6 Å². The lowest BCUT2D eigenvalue weighted by molar-refractivity contribution is -0.870. The molecule has 0 heterocycles. The molecule has 4 nitrogen and oxygen atoms in total. The first-order valence-electron chi connectivity index (χ1n) is 6.87. The van der Waals surface area contributed by atoms with Gasteiger partial charge in [0.25, 0.3) is 0 Å². The first-order chi connectivity index (χ1) is 8.15. The van der Waals surface area contributed by atoms with Crippen molar-refractivity contribution in [2.24, 2.45) is 0 Å². The molecule has 0 unspecified atom stereocenters. The van der Waals surface area contributed by atoms with Gasteiger partial charge >= 0.3 is 5.97 Å². The second kappa shape index (κ2) is 7.10. The normalized spacial score (nSPS) is 15.7. The Morgan fingerprint density at radius 3 is 2.06 bits per heavy atom. The van der Waals surface area contributed by atoms with E-state index in [0.29, 0.717) is 0 Å². The van der Waals surface area contributed by atoms with Crippen LogP contribution in [0.1, 0.15) is 39.0 Å². The minimum Gasteiger partial charge on any atom is -0.480 e. The molecular weight excluding hydrogens is 228 g/mol. The Labute approximate surface area is 112 Å². The van der Waals surface area contributed by atoms with Gasteiger partial charge < -0.3 is 9.59 Å². The zero-order valence-electron chi connectivity index (χ0n) is 13.0. The zero-order valence-corrected chi connectivity index (χ0v) is 13.0. The number of hydrogen-bond donors (Lipinski definition) is 1. The van der Waals surface area contributed by atoms with Crippen molar-refractivity contribution in [3.05, 3.63) is 0 Å². The minimum absolute atomic E-state index is 0.681. The van der Waals surface area contributed by atoms with Gasteiger partial charge in [0.15, 0.2) is 0 Å². The summed E-state index contributed by atoms with van der Waals surface area (Å²) in [5.74, 6) is -0.681. The largest absolute Gasteiger partial charge is 0.480 e. The van der Waals surface area contributed by atoms with E-state index in [1.807, 2.05) is 25.9 Å². The third-order valence-electron chi connectivity index (χ3n) is 3.59. The van der Waals surface area contributed by atoms with Crippen molar-refractivity contribution in [1.82, 2.24) is 4.90 Å². The number of nitrogens with zero attached hydrogens (tertiary/aromatic N) is 2. The predicted octanol–water partition coefficient (Wildman–Crippen LogP) is 2.05. The van der Waals surface area contributed by atoms with Crippen LogP contribution in [0, 0.1) is 0 Å². The lowest BCUT2D eigenvalue weighted by Gasteiger charge is -2.36. The second-order valence-electron chi connectivity index (χ2n) is 6.45. The first kappa shape index (κ1) is 17.4. The Kier molecular flexibility index (Phi) is 6.86. The van der Waals surface area contributed by atoms with Crippen molar-refractivity contribution in [3.8, 4) is 0 Å². The summed E-state index contributed by atoms with van der Waals surface area (Å²) in [7, 11) is 10.3. The molecule has 0 rings (SSSR count). The summed E-state index contributed by atoms with van der Waals surface area (Å²) in [6, 6.07) is 0. The van der Waals surface area contributed by atoms with E-state index in [0.717, 1.165) is 43.1 Å². The third kappa shape index (κ3) is 5.36. The Bertz CT molecular complexity index is 259. The standard InChI is InChI=1S/C14H30N2O2/c1-7-10-14(13(17)18,15(2)3)11-8-9-12-16(4,5)6/h7-12H2,1-6H3/p+1/t14-/m0/s1. The number of quaternary nitrogens is 1. The fourth-order valence-electron chi connectivity index (χ4n) is 2.39. The monoisotopic (exact) mass is 259 g/mol. The SMILES string of the molecule is CCC[C@](CCCC[N+](C)(C)C)(C(=O)O)N(C)C. The quantitative estimate of drug-likeness (QED) is 0.509. The maximum absolute atomic E-state index is 11.6. The topological polar surface area (TPSA) is 40.5 Å². The van der Waals surface area contributed by atoms with E-state index in [-0.39, 0.29) is 0 Å². The van der Waals surface area contributed by atoms with Crippen LogP contribution in [-0.4, -0.2) is 67.8 Å². The van der Waals surface area contributed by atoms with Gasteiger partial charge in [0.2, 0.25) is 0 Å². The number of carboxylic acid groups (broad SMARTS) is 1. The van der Waals surface area contributed by atoms with Crippen LogP contribution in [0.25, 0.3) is 0 Å². The highest BCUT2D eigenvalue weighted by Crippen LogP contribution is 2.26. The molecule has 0 saturated carbocycles. The number of aliphatic carboxylic acids is 1. The van der Waals surface area contributed by atoms with Gasteiger partial charge in [-0.25, -0.2) is 0 Å². The van der Waals surface area contributed by atoms with Crippen LogP contribution >= 0.6 is 0 Å². The summed E-state index contributed by atoms with van der Waals surface area (Å²) >= 11 is 0. The van der Waals surface area contributed by atoms with Crippen LogP contribution in [0.3, 0.4) is 0 Å². The molecule has 0 saturated heterocycles. The van der Waals surface area contributed by atoms with Crippen LogP contribution in [0.4, 0.5) is 0 Å². The van der Waals surface area contributed by atoms with E-state index < -0.39 is 11.5 Å². The molecular formula is C14H31N2O2+. The summed E-state index contributed by atoms with van der Waals surface area (Å²) in [6.45, 7) is 3.14. The van der Waals surface area contributed by atoms with E-state index in [2.05, 4.69) is 21.1 Å². The zero-order chi connectivity index (χ0) is 14.4.